The Labute approximate surface area is 128 Å². The molecule has 1 aromatic heterocycles. The number of benzene rings is 1. The zero-order chi connectivity index (χ0) is 15.4. The van der Waals surface area contributed by atoms with Crippen molar-refractivity contribution in [3.05, 3.63) is 41.2 Å². The Morgan fingerprint density at radius 3 is 2.29 bits per heavy atom. The first-order valence-electron chi connectivity index (χ1n) is 6.55. The number of carbonyl (C=O) groups is 1. The second-order valence-corrected chi connectivity index (χ2v) is 5.70. The summed E-state index contributed by atoms with van der Waals surface area (Å²) in [7, 11) is 0. The van der Waals surface area contributed by atoms with E-state index in [-0.39, 0.29) is 11.7 Å². The number of nitrogen functional groups attached to an aromatic ring is 1. The van der Waals surface area contributed by atoms with Crippen LogP contribution in [0.25, 0.3) is 0 Å². The molecule has 3 N–H and O–H groups in total. The second kappa shape index (κ2) is 6.58. The van der Waals surface area contributed by atoms with Crippen LogP contribution in [-0.4, -0.2) is 21.6 Å². The van der Waals surface area contributed by atoms with Crippen LogP contribution < -0.4 is 11.1 Å². The number of hydrogen-bond acceptors (Lipinski definition) is 5. The Kier molecular flexibility index (Phi) is 4.80. The molecule has 6 heteroatoms. The standard InChI is InChI=1S/C15H18N4OS/c1-9-10(2)17-15(18-11(9)3)21-8-14(20)19-13-6-4-12(16)5-7-13/h4-7H,8,16H2,1-3H3,(H,19,20). The number of carbonyl (C=O) groups excluding carboxylic acids is 1. The molecule has 0 aliphatic rings. The average molecular weight is 302 g/mol. The van der Waals surface area contributed by atoms with Gasteiger partial charge in [-0.15, -0.1) is 0 Å². The van der Waals surface area contributed by atoms with Crippen LogP contribution in [-0.2, 0) is 4.79 Å². The lowest BCUT2D eigenvalue weighted by molar-refractivity contribution is -0.113. The van der Waals surface area contributed by atoms with Gasteiger partial charge in [0, 0.05) is 22.8 Å². The number of hydrogen-bond donors (Lipinski definition) is 2. The Balaban J connectivity index is 1.93. The Hall–Kier alpha value is -2.08. The molecule has 0 aliphatic heterocycles. The predicted molar refractivity (Wildman–Crippen MR) is 86.5 cm³/mol. The number of amides is 1. The van der Waals surface area contributed by atoms with Gasteiger partial charge < -0.3 is 11.1 Å². The molecule has 5 nitrogen and oxygen atoms in total. The molecule has 0 fully saturated rings. The van der Waals surface area contributed by atoms with E-state index in [0.717, 1.165) is 22.6 Å². The number of aromatic nitrogens is 2. The average Bonchev–Trinajstić information content (AvgIpc) is 2.45. The summed E-state index contributed by atoms with van der Waals surface area (Å²) in [6.45, 7) is 5.89. The van der Waals surface area contributed by atoms with E-state index in [2.05, 4.69) is 15.3 Å². The highest BCUT2D eigenvalue weighted by atomic mass is 32.2. The largest absolute Gasteiger partial charge is 0.399 e. The lowest BCUT2D eigenvalue weighted by Crippen LogP contribution is -2.14. The maximum atomic E-state index is 11.9. The quantitative estimate of drug-likeness (QED) is 0.515. The minimum absolute atomic E-state index is 0.0933. The molecule has 2 rings (SSSR count). The monoisotopic (exact) mass is 302 g/mol. The van der Waals surface area contributed by atoms with Crippen molar-refractivity contribution in [2.45, 2.75) is 25.9 Å². The predicted octanol–water partition coefficient (Wildman–Crippen LogP) is 2.71. The highest BCUT2D eigenvalue weighted by molar-refractivity contribution is 7.99. The fourth-order valence-corrected chi connectivity index (χ4v) is 2.43. The van der Waals surface area contributed by atoms with E-state index in [1.54, 1.807) is 24.3 Å². The van der Waals surface area contributed by atoms with Gasteiger partial charge in [-0.2, -0.15) is 0 Å². The van der Waals surface area contributed by atoms with Crippen molar-refractivity contribution in [3.8, 4) is 0 Å². The summed E-state index contributed by atoms with van der Waals surface area (Å²) in [6, 6.07) is 7.04. The lowest BCUT2D eigenvalue weighted by Gasteiger charge is -2.07. The van der Waals surface area contributed by atoms with Crippen molar-refractivity contribution in [2.75, 3.05) is 16.8 Å². The third-order valence-electron chi connectivity index (χ3n) is 3.14. The summed E-state index contributed by atoms with van der Waals surface area (Å²) >= 11 is 1.33. The van der Waals surface area contributed by atoms with Crippen molar-refractivity contribution in [2.24, 2.45) is 0 Å². The smallest absolute Gasteiger partial charge is 0.234 e. The van der Waals surface area contributed by atoms with Crippen molar-refractivity contribution < 1.29 is 4.79 Å². The fourth-order valence-electron chi connectivity index (χ4n) is 1.70. The summed E-state index contributed by atoms with van der Waals surface area (Å²) in [4.78, 5) is 20.6. The van der Waals surface area contributed by atoms with Gasteiger partial charge in [-0.05, 0) is 50.6 Å². The highest BCUT2D eigenvalue weighted by Crippen LogP contribution is 2.18. The molecular weight excluding hydrogens is 284 g/mol. The van der Waals surface area contributed by atoms with Gasteiger partial charge in [-0.3, -0.25) is 4.79 Å². The van der Waals surface area contributed by atoms with Crippen LogP contribution in [0.4, 0.5) is 11.4 Å². The SMILES string of the molecule is Cc1nc(SCC(=O)Nc2ccc(N)cc2)nc(C)c1C. The number of anilines is 2. The number of nitrogens with one attached hydrogen (secondary N) is 1. The topological polar surface area (TPSA) is 80.9 Å². The summed E-state index contributed by atoms with van der Waals surface area (Å²) in [5.41, 5.74) is 9.98. The lowest BCUT2D eigenvalue weighted by atomic mass is 10.2. The van der Waals surface area contributed by atoms with Crippen molar-refractivity contribution in [1.29, 1.82) is 0 Å². The first kappa shape index (κ1) is 15.3. The molecule has 0 radical (unpaired) electrons. The minimum Gasteiger partial charge on any atom is -0.399 e. The fraction of sp³-hybridized carbons (Fsp3) is 0.267. The third-order valence-corrected chi connectivity index (χ3v) is 3.99. The normalized spacial score (nSPS) is 10.4. The molecule has 1 amide bonds. The molecule has 0 unspecified atom stereocenters. The van der Waals surface area contributed by atoms with Crippen LogP contribution in [0, 0.1) is 20.8 Å². The molecule has 0 saturated carbocycles. The zero-order valence-corrected chi connectivity index (χ0v) is 13.1. The van der Waals surface area contributed by atoms with Gasteiger partial charge in [0.1, 0.15) is 0 Å². The van der Waals surface area contributed by atoms with Gasteiger partial charge in [0.15, 0.2) is 5.16 Å². The Morgan fingerprint density at radius 2 is 1.71 bits per heavy atom. The number of aryl methyl sites for hydroxylation is 2. The van der Waals surface area contributed by atoms with E-state index in [0.29, 0.717) is 10.8 Å². The summed E-state index contributed by atoms with van der Waals surface area (Å²) in [5.74, 6) is 0.177. The second-order valence-electron chi connectivity index (χ2n) is 4.76. The van der Waals surface area contributed by atoms with Crippen molar-refractivity contribution in [1.82, 2.24) is 9.97 Å². The maximum Gasteiger partial charge on any atom is 0.234 e. The maximum absolute atomic E-state index is 11.9. The molecule has 1 heterocycles. The van der Waals surface area contributed by atoms with Gasteiger partial charge >= 0.3 is 0 Å². The van der Waals surface area contributed by atoms with E-state index in [4.69, 9.17) is 5.73 Å². The highest BCUT2D eigenvalue weighted by Gasteiger charge is 2.08. The van der Waals surface area contributed by atoms with E-state index in [1.165, 1.54) is 11.8 Å². The van der Waals surface area contributed by atoms with Crippen LogP contribution in [0.3, 0.4) is 0 Å². The molecule has 1 aromatic carbocycles. The van der Waals surface area contributed by atoms with Crippen LogP contribution in [0.5, 0.6) is 0 Å². The van der Waals surface area contributed by atoms with Gasteiger partial charge in [0.2, 0.25) is 5.91 Å². The molecule has 21 heavy (non-hydrogen) atoms. The third kappa shape index (κ3) is 4.19. The first-order chi connectivity index (χ1) is 9.95. The van der Waals surface area contributed by atoms with E-state index < -0.39 is 0 Å². The van der Waals surface area contributed by atoms with Gasteiger partial charge in [0.05, 0.1) is 5.75 Å². The number of nitrogens with zero attached hydrogens (tertiary/aromatic N) is 2. The molecule has 0 bridgehead atoms. The Bertz CT molecular complexity index is 632. The number of thioether (sulfide) groups is 1. The van der Waals surface area contributed by atoms with Crippen LogP contribution in [0.2, 0.25) is 0 Å². The molecule has 0 atom stereocenters. The summed E-state index contributed by atoms with van der Waals surface area (Å²) in [5, 5.41) is 3.44. The van der Waals surface area contributed by atoms with E-state index in [9.17, 15) is 4.79 Å². The molecule has 0 aliphatic carbocycles. The van der Waals surface area contributed by atoms with Gasteiger partial charge in [0.25, 0.3) is 0 Å². The zero-order valence-electron chi connectivity index (χ0n) is 12.3. The van der Waals surface area contributed by atoms with Crippen LogP contribution in [0.15, 0.2) is 29.4 Å². The van der Waals surface area contributed by atoms with Crippen molar-refractivity contribution in [3.63, 3.8) is 0 Å². The molecular formula is C15H18N4OS. The Morgan fingerprint density at radius 1 is 1.14 bits per heavy atom. The van der Waals surface area contributed by atoms with E-state index in [1.807, 2.05) is 20.8 Å². The summed E-state index contributed by atoms with van der Waals surface area (Å²) in [6.07, 6.45) is 0. The molecule has 0 spiro atoms. The molecule has 110 valence electrons. The number of rotatable bonds is 4. The summed E-state index contributed by atoms with van der Waals surface area (Å²) < 4.78 is 0. The van der Waals surface area contributed by atoms with Gasteiger partial charge in [-0.25, -0.2) is 9.97 Å². The number of nitrogens with two attached hydrogens (primary N) is 1. The molecule has 2 aromatic rings. The van der Waals surface area contributed by atoms with Gasteiger partial charge in [-0.1, -0.05) is 11.8 Å². The van der Waals surface area contributed by atoms with Crippen LogP contribution in [0.1, 0.15) is 17.0 Å². The van der Waals surface area contributed by atoms with E-state index >= 15 is 0 Å². The molecule has 0 saturated heterocycles. The van der Waals surface area contributed by atoms with Crippen LogP contribution >= 0.6 is 11.8 Å². The first-order valence-corrected chi connectivity index (χ1v) is 7.54. The minimum atomic E-state index is -0.0933. The van der Waals surface area contributed by atoms with Crippen molar-refractivity contribution >= 4 is 29.0 Å².